The van der Waals surface area contributed by atoms with E-state index in [1.165, 1.54) is 0 Å². The van der Waals surface area contributed by atoms with E-state index in [2.05, 4.69) is 25.9 Å². The molecule has 0 aliphatic carbocycles. The summed E-state index contributed by atoms with van der Waals surface area (Å²) in [5, 5.41) is 0. The lowest BCUT2D eigenvalue weighted by atomic mass is 10.1. The minimum atomic E-state index is 0.809. The third kappa shape index (κ3) is 3.28. The second kappa shape index (κ2) is 6.62. The van der Waals surface area contributed by atoms with Crippen LogP contribution >= 0.6 is 15.9 Å². The topological polar surface area (TPSA) is 37.9 Å². The lowest BCUT2D eigenvalue weighted by Crippen LogP contribution is -1.87. The molecule has 4 heteroatoms. The van der Waals surface area contributed by atoms with Gasteiger partial charge in [-0.2, -0.15) is 0 Å². The quantitative estimate of drug-likeness (QED) is 0.714. The van der Waals surface area contributed by atoms with E-state index in [0.29, 0.717) is 0 Å². The predicted octanol–water partition coefficient (Wildman–Crippen LogP) is 5.02. The van der Waals surface area contributed by atoms with Crippen LogP contribution in [0, 0.1) is 0 Å². The Labute approximate surface area is 137 Å². The highest BCUT2D eigenvalue weighted by Gasteiger charge is 2.07. The average molecular weight is 355 g/mol. The largest absolute Gasteiger partial charge is 0.496 e. The third-order valence-corrected chi connectivity index (χ3v) is 3.81. The molecule has 0 aliphatic rings. The maximum Gasteiger partial charge on any atom is 0.130 e. The van der Waals surface area contributed by atoms with E-state index in [9.17, 15) is 0 Å². The van der Waals surface area contributed by atoms with Crippen molar-refractivity contribution in [1.82, 2.24) is 9.97 Å². The summed E-state index contributed by atoms with van der Waals surface area (Å²) in [6.45, 7) is 0. The van der Waals surface area contributed by atoms with Gasteiger partial charge in [-0.25, -0.2) is 4.98 Å². The van der Waals surface area contributed by atoms with Crippen molar-refractivity contribution >= 4 is 28.1 Å². The highest BCUT2D eigenvalue weighted by molar-refractivity contribution is 9.10. The van der Waals surface area contributed by atoms with Gasteiger partial charge in [0.05, 0.1) is 12.8 Å². The first-order valence-electron chi connectivity index (χ1n) is 6.89. The molecule has 0 aliphatic heterocycles. The molecular formula is C18H15BrN2O. The molecule has 0 bridgehead atoms. The molecule has 2 aromatic carbocycles. The molecule has 3 nitrogen and oxygen atoms in total. The maximum atomic E-state index is 5.37. The minimum Gasteiger partial charge on any atom is -0.496 e. The van der Waals surface area contributed by atoms with Crippen LogP contribution < -0.4 is 4.74 Å². The zero-order chi connectivity index (χ0) is 15.4. The van der Waals surface area contributed by atoms with Gasteiger partial charge in [-0.05, 0) is 35.9 Å². The van der Waals surface area contributed by atoms with Crippen molar-refractivity contribution in [2.75, 3.05) is 7.11 Å². The molecule has 1 heterocycles. The summed E-state index contributed by atoms with van der Waals surface area (Å²) in [6, 6.07) is 16.0. The van der Waals surface area contributed by atoms with Crippen molar-refractivity contribution in [3.05, 3.63) is 70.6 Å². The summed E-state index contributed by atoms with van der Waals surface area (Å²) in [4.78, 5) is 7.76. The highest BCUT2D eigenvalue weighted by atomic mass is 79.9. The lowest BCUT2D eigenvalue weighted by Gasteiger charge is -2.04. The fourth-order valence-electron chi connectivity index (χ4n) is 2.17. The number of ether oxygens (including phenoxy) is 1. The Kier molecular flexibility index (Phi) is 4.39. The van der Waals surface area contributed by atoms with Gasteiger partial charge in [-0.3, -0.25) is 0 Å². The van der Waals surface area contributed by atoms with Crippen molar-refractivity contribution in [2.45, 2.75) is 0 Å². The molecule has 3 aromatic rings. The van der Waals surface area contributed by atoms with Gasteiger partial charge in [0.2, 0.25) is 0 Å². The number of hydrogen-bond acceptors (Lipinski definition) is 2. The van der Waals surface area contributed by atoms with Crippen LogP contribution in [-0.4, -0.2) is 17.1 Å². The Balaban J connectivity index is 1.83. The van der Waals surface area contributed by atoms with E-state index in [4.69, 9.17) is 4.74 Å². The summed E-state index contributed by atoms with van der Waals surface area (Å²) < 4.78 is 6.44. The number of imidazole rings is 1. The molecule has 1 N–H and O–H groups in total. The van der Waals surface area contributed by atoms with E-state index in [0.717, 1.165) is 32.9 Å². The zero-order valence-corrected chi connectivity index (χ0v) is 13.7. The molecule has 3 rings (SSSR count). The highest BCUT2D eigenvalue weighted by Crippen LogP contribution is 2.28. The molecule has 1 aromatic heterocycles. The van der Waals surface area contributed by atoms with Crippen LogP contribution in [0.4, 0.5) is 0 Å². The molecule has 0 unspecified atom stereocenters. The summed E-state index contributed by atoms with van der Waals surface area (Å²) in [7, 11) is 1.67. The standard InChI is InChI=1S/C18H15BrN2O/c1-22-17-5-3-2-4-15(17)16-12-20-18(21-16)11-8-13-6-9-14(19)10-7-13/h2-12H,1H3,(H,20,21)/b11-8+. The van der Waals surface area contributed by atoms with E-state index < -0.39 is 0 Å². The lowest BCUT2D eigenvalue weighted by molar-refractivity contribution is 0.416. The van der Waals surface area contributed by atoms with Crippen LogP contribution in [0.1, 0.15) is 11.4 Å². The number of aromatic amines is 1. The van der Waals surface area contributed by atoms with E-state index in [1.807, 2.05) is 66.9 Å². The second-order valence-corrected chi connectivity index (χ2v) is 5.67. The summed E-state index contributed by atoms with van der Waals surface area (Å²) >= 11 is 3.43. The normalized spacial score (nSPS) is 11.0. The number of para-hydroxylation sites is 1. The number of H-pyrrole nitrogens is 1. The van der Waals surface area contributed by atoms with Crippen LogP contribution in [-0.2, 0) is 0 Å². The van der Waals surface area contributed by atoms with Gasteiger partial charge in [-0.1, -0.05) is 46.3 Å². The Morgan fingerprint density at radius 1 is 1.05 bits per heavy atom. The van der Waals surface area contributed by atoms with E-state index in [1.54, 1.807) is 7.11 Å². The maximum absolute atomic E-state index is 5.37. The van der Waals surface area contributed by atoms with Gasteiger partial charge >= 0.3 is 0 Å². The minimum absolute atomic E-state index is 0.809. The Morgan fingerprint density at radius 3 is 2.59 bits per heavy atom. The van der Waals surface area contributed by atoms with Crippen LogP contribution in [0.5, 0.6) is 5.75 Å². The van der Waals surface area contributed by atoms with Crippen LogP contribution in [0.3, 0.4) is 0 Å². The molecule has 0 atom stereocenters. The van der Waals surface area contributed by atoms with Crippen LogP contribution in [0.2, 0.25) is 0 Å². The molecule has 22 heavy (non-hydrogen) atoms. The first-order chi connectivity index (χ1) is 10.8. The van der Waals surface area contributed by atoms with Gasteiger partial charge in [0.1, 0.15) is 11.6 Å². The van der Waals surface area contributed by atoms with Gasteiger partial charge in [-0.15, -0.1) is 0 Å². The smallest absolute Gasteiger partial charge is 0.130 e. The average Bonchev–Trinajstić information content (AvgIpc) is 3.03. The third-order valence-electron chi connectivity index (χ3n) is 3.28. The molecule has 0 saturated heterocycles. The van der Waals surface area contributed by atoms with Crippen LogP contribution in [0.15, 0.2) is 59.2 Å². The number of hydrogen-bond donors (Lipinski definition) is 1. The fourth-order valence-corrected chi connectivity index (χ4v) is 2.43. The molecule has 0 amide bonds. The van der Waals surface area contributed by atoms with Crippen molar-refractivity contribution in [3.8, 4) is 17.0 Å². The number of nitrogens with zero attached hydrogens (tertiary/aromatic N) is 1. The molecule has 110 valence electrons. The van der Waals surface area contributed by atoms with Crippen LogP contribution in [0.25, 0.3) is 23.4 Å². The number of benzene rings is 2. The van der Waals surface area contributed by atoms with E-state index >= 15 is 0 Å². The summed E-state index contributed by atoms with van der Waals surface area (Å²) in [5.74, 6) is 1.63. The van der Waals surface area contributed by atoms with Gasteiger partial charge in [0, 0.05) is 16.2 Å². The first-order valence-corrected chi connectivity index (χ1v) is 7.68. The molecule has 0 saturated carbocycles. The number of nitrogens with one attached hydrogen (secondary N) is 1. The molecule has 0 spiro atoms. The predicted molar refractivity (Wildman–Crippen MR) is 93.6 cm³/mol. The second-order valence-electron chi connectivity index (χ2n) is 4.76. The molecular weight excluding hydrogens is 340 g/mol. The summed E-state index contributed by atoms with van der Waals surface area (Å²) in [5.41, 5.74) is 2.97. The molecule has 0 radical (unpaired) electrons. The number of rotatable bonds is 4. The van der Waals surface area contributed by atoms with Crippen molar-refractivity contribution in [3.63, 3.8) is 0 Å². The number of halogens is 1. The van der Waals surface area contributed by atoms with Crippen molar-refractivity contribution in [2.24, 2.45) is 0 Å². The monoisotopic (exact) mass is 354 g/mol. The van der Waals surface area contributed by atoms with Gasteiger partial charge in [0.25, 0.3) is 0 Å². The Bertz CT molecular complexity index is 791. The number of methoxy groups -OCH3 is 1. The summed E-state index contributed by atoms with van der Waals surface area (Å²) in [6.07, 6.45) is 5.87. The molecule has 0 fully saturated rings. The first kappa shape index (κ1) is 14.6. The van der Waals surface area contributed by atoms with Crippen molar-refractivity contribution in [1.29, 1.82) is 0 Å². The van der Waals surface area contributed by atoms with Gasteiger partial charge < -0.3 is 9.72 Å². The number of aromatic nitrogens is 2. The van der Waals surface area contributed by atoms with E-state index in [-0.39, 0.29) is 0 Å². The zero-order valence-electron chi connectivity index (χ0n) is 12.1. The van der Waals surface area contributed by atoms with Gasteiger partial charge in [0.15, 0.2) is 0 Å². The fraction of sp³-hybridized carbons (Fsp3) is 0.0556. The Hall–Kier alpha value is -2.33. The Morgan fingerprint density at radius 2 is 1.82 bits per heavy atom. The SMILES string of the molecule is COc1ccccc1-c1c[nH]c(/C=C/c2ccc(Br)cc2)n1. The van der Waals surface area contributed by atoms with Crippen molar-refractivity contribution < 1.29 is 4.74 Å².